The Labute approximate surface area is 116 Å². The zero-order valence-electron chi connectivity index (χ0n) is 11.2. The second kappa shape index (κ2) is 6.45. The van der Waals surface area contributed by atoms with Crippen molar-refractivity contribution < 1.29 is 21.6 Å². The van der Waals surface area contributed by atoms with Gasteiger partial charge in [0.2, 0.25) is 10.0 Å². The summed E-state index contributed by atoms with van der Waals surface area (Å²) < 4.78 is 62.2. The third-order valence-electron chi connectivity index (χ3n) is 2.45. The van der Waals surface area contributed by atoms with Crippen molar-refractivity contribution in [2.24, 2.45) is 0 Å². The van der Waals surface area contributed by atoms with Gasteiger partial charge in [0.25, 0.3) is 0 Å². The van der Waals surface area contributed by atoms with Crippen LogP contribution in [0.1, 0.15) is 20.3 Å². The van der Waals surface area contributed by atoms with Crippen molar-refractivity contribution in [3.05, 3.63) is 24.3 Å². The van der Waals surface area contributed by atoms with Crippen molar-refractivity contribution in [2.45, 2.75) is 37.4 Å². The standard InChI is InChI=1S/C12H17F3N2O2S/c1-3-16-20(18,19)11-6-4-10(5-7-11)17-9(2)8-12(13,14)15/h4-7,9,16-17H,3,8H2,1-2H3. The van der Waals surface area contributed by atoms with E-state index in [-0.39, 0.29) is 11.4 Å². The van der Waals surface area contributed by atoms with Gasteiger partial charge in [0, 0.05) is 18.3 Å². The van der Waals surface area contributed by atoms with Crippen LogP contribution in [0.25, 0.3) is 0 Å². The molecule has 0 amide bonds. The summed E-state index contributed by atoms with van der Waals surface area (Å²) in [6.07, 6.45) is -5.19. The molecule has 0 saturated heterocycles. The fourth-order valence-corrected chi connectivity index (χ4v) is 2.73. The number of rotatable bonds is 6. The molecule has 1 rings (SSSR count). The van der Waals surface area contributed by atoms with E-state index in [2.05, 4.69) is 10.0 Å². The molecule has 0 fully saturated rings. The van der Waals surface area contributed by atoms with Crippen molar-refractivity contribution >= 4 is 15.7 Å². The topological polar surface area (TPSA) is 58.2 Å². The normalized spacial score (nSPS) is 14.1. The van der Waals surface area contributed by atoms with Gasteiger partial charge in [-0.1, -0.05) is 6.92 Å². The number of benzene rings is 1. The lowest BCUT2D eigenvalue weighted by atomic mass is 10.2. The molecular weight excluding hydrogens is 293 g/mol. The van der Waals surface area contributed by atoms with Gasteiger partial charge < -0.3 is 5.32 Å². The van der Waals surface area contributed by atoms with E-state index in [1.54, 1.807) is 6.92 Å². The Kier molecular flexibility index (Phi) is 5.41. The van der Waals surface area contributed by atoms with Gasteiger partial charge in [-0.05, 0) is 31.2 Å². The lowest BCUT2D eigenvalue weighted by Gasteiger charge is -2.17. The summed E-state index contributed by atoms with van der Waals surface area (Å²) in [7, 11) is -3.54. The molecule has 4 nitrogen and oxygen atoms in total. The Bertz CT molecular complexity index is 527. The zero-order valence-corrected chi connectivity index (χ0v) is 12.0. The number of hydrogen-bond acceptors (Lipinski definition) is 3. The molecular formula is C12H17F3N2O2S. The summed E-state index contributed by atoms with van der Waals surface area (Å²) in [5.74, 6) is 0. The van der Waals surface area contributed by atoms with E-state index in [0.717, 1.165) is 0 Å². The lowest BCUT2D eigenvalue weighted by molar-refractivity contribution is -0.136. The first kappa shape index (κ1) is 16.8. The average molecular weight is 310 g/mol. The smallest absolute Gasteiger partial charge is 0.382 e. The number of hydrogen-bond donors (Lipinski definition) is 2. The Morgan fingerprint density at radius 3 is 2.20 bits per heavy atom. The molecule has 114 valence electrons. The van der Waals surface area contributed by atoms with Crippen LogP contribution in [0, 0.1) is 0 Å². The minimum atomic E-state index is -4.24. The van der Waals surface area contributed by atoms with Crippen LogP contribution in [0.4, 0.5) is 18.9 Å². The van der Waals surface area contributed by atoms with E-state index in [1.807, 2.05) is 0 Å². The molecule has 0 aromatic heterocycles. The highest BCUT2D eigenvalue weighted by molar-refractivity contribution is 7.89. The second-order valence-electron chi connectivity index (χ2n) is 4.39. The van der Waals surface area contributed by atoms with Gasteiger partial charge in [0.05, 0.1) is 11.3 Å². The third-order valence-corrected chi connectivity index (χ3v) is 4.01. The fraction of sp³-hybridized carbons (Fsp3) is 0.500. The number of anilines is 1. The SMILES string of the molecule is CCNS(=O)(=O)c1ccc(NC(C)CC(F)(F)F)cc1. The van der Waals surface area contributed by atoms with E-state index >= 15 is 0 Å². The van der Waals surface area contributed by atoms with Crippen molar-refractivity contribution in [1.82, 2.24) is 4.72 Å². The van der Waals surface area contributed by atoms with Crippen molar-refractivity contribution in [3.8, 4) is 0 Å². The van der Waals surface area contributed by atoms with Crippen LogP contribution in [-0.4, -0.2) is 27.2 Å². The zero-order chi connectivity index (χ0) is 15.4. The van der Waals surface area contributed by atoms with Crippen LogP contribution >= 0.6 is 0 Å². The van der Waals surface area contributed by atoms with E-state index in [1.165, 1.54) is 31.2 Å². The summed E-state index contributed by atoms with van der Waals surface area (Å²) in [4.78, 5) is 0.0772. The molecule has 0 aliphatic heterocycles. The Balaban J connectivity index is 2.73. The Hall–Kier alpha value is -1.28. The van der Waals surface area contributed by atoms with E-state index in [4.69, 9.17) is 0 Å². The predicted molar refractivity (Wildman–Crippen MR) is 71.1 cm³/mol. The van der Waals surface area contributed by atoms with Gasteiger partial charge in [0.15, 0.2) is 0 Å². The number of halogens is 3. The molecule has 0 heterocycles. The van der Waals surface area contributed by atoms with Crippen molar-refractivity contribution in [2.75, 3.05) is 11.9 Å². The van der Waals surface area contributed by atoms with E-state index in [0.29, 0.717) is 5.69 Å². The predicted octanol–water partition coefficient (Wildman–Crippen LogP) is 2.74. The minimum absolute atomic E-state index is 0.0772. The maximum absolute atomic E-state index is 12.2. The molecule has 1 aromatic rings. The van der Waals surface area contributed by atoms with Crippen LogP contribution in [0.3, 0.4) is 0 Å². The first-order chi connectivity index (χ1) is 9.14. The molecule has 2 N–H and O–H groups in total. The number of sulfonamides is 1. The number of alkyl halides is 3. The monoisotopic (exact) mass is 310 g/mol. The largest absolute Gasteiger partial charge is 0.391 e. The summed E-state index contributed by atoms with van der Waals surface area (Å²) in [6.45, 7) is 3.34. The second-order valence-corrected chi connectivity index (χ2v) is 6.16. The molecule has 20 heavy (non-hydrogen) atoms. The maximum Gasteiger partial charge on any atom is 0.391 e. The van der Waals surface area contributed by atoms with Gasteiger partial charge >= 0.3 is 6.18 Å². The summed E-state index contributed by atoms with van der Waals surface area (Å²) in [5, 5.41) is 2.67. The highest BCUT2D eigenvalue weighted by atomic mass is 32.2. The van der Waals surface area contributed by atoms with Gasteiger partial charge in [0.1, 0.15) is 0 Å². The highest BCUT2D eigenvalue weighted by Crippen LogP contribution is 2.23. The van der Waals surface area contributed by atoms with Crippen LogP contribution in [-0.2, 0) is 10.0 Å². The summed E-state index contributed by atoms with van der Waals surface area (Å²) in [5.41, 5.74) is 0.442. The minimum Gasteiger partial charge on any atom is -0.382 e. The molecule has 1 aromatic carbocycles. The van der Waals surface area contributed by atoms with Gasteiger partial charge in [-0.2, -0.15) is 13.2 Å². The summed E-state index contributed by atoms with van der Waals surface area (Å²) in [6, 6.07) is 4.79. The molecule has 8 heteroatoms. The van der Waals surface area contributed by atoms with Crippen LogP contribution in [0.2, 0.25) is 0 Å². The highest BCUT2D eigenvalue weighted by Gasteiger charge is 2.29. The molecule has 0 radical (unpaired) electrons. The van der Waals surface area contributed by atoms with Crippen LogP contribution in [0.15, 0.2) is 29.2 Å². The maximum atomic E-state index is 12.2. The fourth-order valence-electron chi connectivity index (χ4n) is 1.69. The summed E-state index contributed by atoms with van der Waals surface area (Å²) >= 11 is 0. The molecule has 0 aliphatic carbocycles. The van der Waals surface area contributed by atoms with Gasteiger partial charge in [-0.15, -0.1) is 0 Å². The molecule has 0 spiro atoms. The first-order valence-electron chi connectivity index (χ1n) is 6.07. The van der Waals surface area contributed by atoms with Crippen LogP contribution in [0.5, 0.6) is 0 Å². The lowest BCUT2D eigenvalue weighted by Crippen LogP contribution is -2.24. The van der Waals surface area contributed by atoms with Crippen LogP contribution < -0.4 is 10.0 Å². The van der Waals surface area contributed by atoms with E-state index in [9.17, 15) is 21.6 Å². The van der Waals surface area contributed by atoms with E-state index < -0.39 is 28.7 Å². The Morgan fingerprint density at radius 1 is 1.20 bits per heavy atom. The molecule has 1 atom stereocenters. The average Bonchev–Trinajstić information content (AvgIpc) is 2.26. The van der Waals surface area contributed by atoms with Gasteiger partial charge in [-0.25, -0.2) is 13.1 Å². The molecule has 0 aliphatic rings. The van der Waals surface area contributed by atoms with Gasteiger partial charge in [-0.3, -0.25) is 0 Å². The third kappa shape index (κ3) is 5.38. The first-order valence-corrected chi connectivity index (χ1v) is 7.55. The quantitative estimate of drug-likeness (QED) is 0.849. The van der Waals surface area contributed by atoms with Crippen molar-refractivity contribution in [1.29, 1.82) is 0 Å². The van der Waals surface area contributed by atoms with Crippen molar-refractivity contribution in [3.63, 3.8) is 0 Å². The molecule has 1 unspecified atom stereocenters. The Morgan fingerprint density at radius 2 is 1.75 bits per heavy atom. The molecule has 0 saturated carbocycles. The number of nitrogens with one attached hydrogen (secondary N) is 2. The molecule has 0 bridgehead atoms.